The van der Waals surface area contributed by atoms with Gasteiger partial charge in [0.2, 0.25) is 5.91 Å². The van der Waals surface area contributed by atoms with E-state index in [0.717, 1.165) is 36.1 Å². The molecule has 0 N–H and O–H groups in total. The molecule has 3 heterocycles. The van der Waals surface area contributed by atoms with Gasteiger partial charge in [0.05, 0.1) is 17.8 Å². The maximum Gasteiger partial charge on any atom is 0.236 e. The summed E-state index contributed by atoms with van der Waals surface area (Å²) in [6.07, 6.45) is 2.21. The Bertz CT molecular complexity index is 501. The maximum atomic E-state index is 12.7. The van der Waals surface area contributed by atoms with Crippen LogP contribution in [0.5, 0.6) is 0 Å². The van der Waals surface area contributed by atoms with Crippen LogP contribution >= 0.6 is 34.9 Å². The number of rotatable bonds is 3. The number of aliphatic imine (C=N–C) groups is 1. The number of likely N-dealkylation sites (tertiary alicyclic amines) is 1. The topological polar surface area (TPSA) is 32.7 Å². The minimum absolute atomic E-state index is 0.0279. The summed E-state index contributed by atoms with van der Waals surface area (Å²) in [5.41, 5.74) is 0. The SMILES string of the molecule is C[C@@H](SC1=NCCS1)C(=O)N1CCC[C@H]1c1cccs1. The molecule has 2 aliphatic rings. The Morgan fingerprint density at radius 3 is 3.20 bits per heavy atom. The predicted octanol–water partition coefficient (Wildman–Crippen LogP) is 3.64. The van der Waals surface area contributed by atoms with Crippen molar-refractivity contribution in [3.63, 3.8) is 0 Å². The Hall–Kier alpha value is -0.460. The highest BCUT2D eigenvalue weighted by Crippen LogP contribution is 2.36. The van der Waals surface area contributed by atoms with Crippen molar-refractivity contribution in [2.75, 3.05) is 18.8 Å². The van der Waals surface area contributed by atoms with Gasteiger partial charge >= 0.3 is 0 Å². The molecule has 3 nitrogen and oxygen atoms in total. The third kappa shape index (κ3) is 3.07. The lowest BCUT2D eigenvalue weighted by molar-refractivity contribution is -0.131. The summed E-state index contributed by atoms with van der Waals surface area (Å²) in [5.74, 6) is 1.33. The summed E-state index contributed by atoms with van der Waals surface area (Å²) < 4.78 is 1.08. The van der Waals surface area contributed by atoms with Gasteiger partial charge in [0.1, 0.15) is 4.38 Å². The van der Waals surface area contributed by atoms with Crippen molar-refractivity contribution in [2.45, 2.75) is 31.1 Å². The molecule has 1 fully saturated rings. The van der Waals surface area contributed by atoms with Crippen LogP contribution in [0.4, 0.5) is 0 Å². The zero-order valence-electron chi connectivity index (χ0n) is 11.4. The summed E-state index contributed by atoms with van der Waals surface area (Å²) in [7, 11) is 0. The molecule has 1 saturated heterocycles. The lowest BCUT2D eigenvalue weighted by atomic mass is 10.2. The molecule has 2 atom stereocenters. The fourth-order valence-electron chi connectivity index (χ4n) is 2.63. The minimum Gasteiger partial charge on any atom is -0.334 e. The molecule has 1 aromatic heterocycles. The van der Waals surface area contributed by atoms with Crippen LogP contribution in [0.25, 0.3) is 0 Å². The van der Waals surface area contributed by atoms with Gasteiger partial charge in [0, 0.05) is 17.2 Å². The molecule has 0 aliphatic carbocycles. The summed E-state index contributed by atoms with van der Waals surface area (Å²) >= 11 is 5.16. The van der Waals surface area contributed by atoms with Crippen LogP contribution in [-0.2, 0) is 4.79 Å². The van der Waals surface area contributed by atoms with Crippen LogP contribution < -0.4 is 0 Å². The van der Waals surface area contributed by atoms with E-state index in [4.69, 9.17) is 0 Å². The van der Waals surface area contributed by atoms with Crippen molar-refractivity contribution in [3.05, 3.63) is 22.4 Å². The number of carbonyl (C=O) groups is 1. The summed E-state index contributed by atoms with van der Waals surface area (Å²) in [6, 6.07) is 4.52. The van der Waals surface area contributed by atoms with Gasteiger partial charge in [-0.25, -0.2) is 0 Å². The lowest BCUT2D eigenvalue weighted by Crippen LogP contribution is -2.36. The second-order valence-corrected chi connectivity index (χ2v) is 8.61. The molecule has 1 aromatic rings. The average Bonchev–Trinajstić information content (AvgIpc) is 3.18. The van der Waals surface area contributed by atoms with Gasteiger partial charge in [-0.1, -0.05) is 29.6 Å². The van der Waals surface area contributed by atoms with Crippen LogP contribution in [0.3, 0.4) is 0 Å². The van der Waals surface area contributed by atoms with Gasteiger partial charge in [-0.2, -0.15) is 0 Å². The van der Waals surface area contributed by atoms with E-state index in [0.29, 0.717) is 6.04 Å². The second kappa shape index (κ2) is 6.54. The number of carbonyl (C=O) groups excluding carboxylic acids is 1. The molecule has 0 spiro atoms. The molecule has 0 bridgehead atoms. The molecule has 3 rings (SSSR count). The Kier molecular flexibility index (Phi) is 4.73. The van der Waals surface area contributed by atoms with Crippen molar-refractivity contribution >= 4 is 45.1 Å². The smallest absolute Gasteiger partial charge is 0.236 e. The van der Waals surface area contributed by atoms with Crippen LogP contribution in [0.15, 0.2) is 22.5 Å². The van der Waals surface area contributed by atoms with Crippen LogP contribution in [0, 0.1) is 0 Å². The van der Waals surface area contributed by atoms with E-state index in [2.05, 4.69) is 27.4 Å². The van der Waals surface area contributed by atoms with E-state index in [1.54, 1.807) is 34.9 Å². The summed E-state index contributed by atoms with van der Waals surface area (Å²) in [6.45, 7) is 3.81. The quantitative estimate of drug-likeness (QED) is 0.850. The first kappa shape index (κ1) is 14.5. The normalized spacial score (nSPS) is 23.9. The Morgan fingerprint density at radius 2 is 2.50 bits per heavy atom. The van der Waals surface area contributed by atoms with Crippen molar-refractivity contribution in [3.8, 4) is 0 Å². The highest BCUT2D eigenvalue weighted by atomic mass is 32.2. The Morgan fingerprint density at radius 1 is 1.60 bits per heavy atom. The lowest BCUT2D eigenvalue weighted by Gasteiger charge is -2.26. The van der Waals surface area contributed by atoms with Crippen molar-refractivity contribution < 1.29 is 4.79 Å². The van der Waals surface area contributed by atoms with Gasteiger partial charge < -0.3 is 4.90 Å². The molecule has 0 unspecified atom stereocenters. The third-order valence-electron chi connectivity index (χ3n) is 3.59. The number of thioether (sulfide) groups is 2. The minimum atomic E-state index is -0.0279. The Labute approximate surface area is 132 Å². The predicted molar refractivity (Wildman–Crippen MR) is 89.8 cm³/mol. The fourth-order valence-corrected chi connectivity index (χ4v) is 5.70. The zero-order chi connectivity index (χ0) is 13.9. The first-order valence-electron chi connectivity index (χ1n) is 6.93. The second-order valence-electron chi connectivity index (χ2n) is 4.96. The molecule has 1 amide bonds. The van der Waals surface area contributed by atoms with Gasteiger partial charge in [-0.15, -0.1) is 11.3 Å². The van der Waals surface area contributed by atoms with Crippen molar-refractivity contribution in [1.82, 2.24) is 4.90 Å². The standard InChI is InChI=1S/C14H18N2OS3/c1-10(20-14-15-6-9-19-14)13(17)16-7-2-4-11(16)12-5-3-8-18-12/h3,5,8,10-11H,2,4,6-7,9H2,1H3/t10-,11+/m1/s1. The van der Waals surface area contributed by atoms with Gasteiger partial charge in [0.15, 0.2) is 0 Å². The van der Waals surface area contributed by atoms with Gasteiger partial charge in [-0.05, 0) is 31.2 Å². The fraction of sp³-hybridized carbons (Fsp3) is 0.571. The van der Waals surface area contributed by atoms with E-state index < -0.39 is 0 Å². The van der Waals surface area contributed by atoms with Crippen LogP contribution in [-0.4, -0.2) is 39.3 Å². The highest BCUT2D eigenvalue weighted by molar-refractivity contribution is 8.39. The monoisotopic (exact) mass is 326 g/mol. The first-order valence-corrected chi connectivity index (χ1v) is 9.68. The molecule has 0 saturated carbocycles. The average molecular weight is 327 g/mol. The van der Waals surface area contributed by atoms with Gasteiger partial charge in [0.25, 0.3) is 0 Å². The molecular weight excluding hydrogens is 308 g/mol. The molecule has 20 heavy (non-hydrogen) atoms. The number of hydrogen-bond acceptors (Lipinski definition) is 5. The Balaban J connectivity index is 1.66. The van der Waals surface area contributed by atoms with Crippen LogP contribution in [0.1, 0.15) is 30.7 Å². The van der Waals surface area contributed by atoms with E-state index in [1.165, 1.54) is 4.88 Å². The molecule has 2 aliphatic heterocycles. The molecular formula is C14H18N2OS3. The maximum absolute atomic E-state index is 12.7. The number of thiophene rings is 1. The van der Waals surface area contributed by atoms with E-state index in [1.807, 2.05) is 6.92 Å². The molecule has 0 radical (unpaired) electrons. The highest BCUT2D eigenvalue weighted by Gasteiger charge is 2.33. The third-order valence-corrected chi connectivity index (χ3v) is 6.86. The van der Waals surface area contributed by atoms with Crippen LogP contribution in [0.2, 0.25) is 0 Å². The van der Waals surface area contributed by atoms with Crippen molar-refractivity contribution in [2.24, 2.45) is 4.99 Å². The van der Waals surface area contributed by atoms with E-state index in [9.17, 15) is 4.79 Å². The molecule has 108 valence electrons. The van der Waals surface area contributed by atoms with E-state index >= 15 is 0 Å². The summed E-state index contributed by atoms with van der Waals surface area (Å²) in [4.78, 5) is 20.5. The van der Waals surface area contributed by atoms with Crippen molar-refractivity contribution in [1.29, 1.82) is 0 Å². The zero-order valence-corrected chi connectivity index (χ0v) is 13.9. The molecule has 6 heteroatoms. The number of nitrogens with zero attached hydrogens (tertiary/aromatic N) is 2. The van der Waals surface area contributed by atoms with Gasteiger partial charge in [-0.3, -0.25) is 9.79 Å². The largest absolute Gasteiger partial charge is 0.334 e. The number of amides is 1. The van der Waals surface area contributed by atoms with E-state index in [-0.39, 0.29) is 11.2 Å². The number of hydrogen-bond donors (Lipinski definition) is 0. The first-order chi connectivity index (χ1) is 9.75. The summed E-state index contributed by atoms with van der Waals surface area (Å²) in [5, 5.41) is 2.07. The molecule has 0 aromatic carbocycles.